The van der Waals surface area contributed by atoms with Gasteiger partial charge in [-0.25, -0.2) is 34.4 Å². The second-order valence-electron chi connectivity index (χ2n) is 38.1. The van der Waals surface area contributed by atoms with E-state index in [1.165, 1.54) is 9.80 Å². The van der Waals surface area contributed by atoms with Crippen LogP contribution in [0.3, 0.4) is 0 Å². The molecule has 32 heteroatoms. The zero-order valence-electron chi connectivity index (χ0n) is 72.4. The summed E-state index contributed by atoms with van der Waals surface area (Å²) in [5, 5.41) is 3.02. The molecule has 14 atom stereocenters. The number of carbonyl (C=O) groups excluding carboxylic acids is 8. The molecule has 4 amide bonds. The number of carbonyl (C=O) groups is 8. The number of nitrogens with one attached hydrogen (secondary N) is 2. The van der Waals surface area contributed by atoms with Crippen molar-refractivity contribution in [3.05, 3.63) is 71.8 Å². The molecule has 10 aliphatic rings. The lowest BCUT2D eigenvalue weighted by atomic mass is 9.82. The largest absolute Gasteiger partial charge is 0.497 e. The number of sulfonamides is 2. The van der Waals surface area contributed by atoms with E-state index < -0.39 is 183 Å². The lowest BCUT2D eigenvalue weighted by molar-refractivity contribution is -0.197. The third-order valence-electron chi connectivity index (χ3n) is 27.9. The summed E-state index contributed by atoms with van der Waals surface area (Å²) >= 11 is 0. The van der Waals surface area contributed by atoms with Crippen molar-refractivity contribution >= 4 is 88.7 Å². The van der Waals surface area contributed by atoms with Crippen LogP contribution in [0.4, 0.5) is 17.6 Å². The Bertz CT molecular complexity index is 4750. The van der Waals surface area contributed by atoms with Gasteiger partial charge in [-0.1, -0.05) is 52.0 Å². The van der Waals surface area contributed by atoms with E-state index in [9.17, 15) is 63.2 Å². The maximum Gasteiger partial charge on any atom is 0.307 e. The fraction of sp³-hybridized carbons (Fsp3) is 0.667. The van der Waals surface area contributed by atoms with Gasteiger partial charge in [0.2, 0.25) is 67.2 Å². The number of alkyl halides is 4. The van der Waals surface area contributed by atoms with Gasteiger partial charge in [-0.15, -0.1) is 0 Å². The summed E-state index contributed by atoms with van der Waals surface area (Å²) in [6, 6.07) is 8.76. The predicted molar refractivity (Wildman–Crippen MR) is 443 cm³/mol. The molecule has 668 valence electrons. The topological polar surface area (TPSA) is 335 Å². The Balaban J connectivity index is 0.000000210. The third kappa shape index (κ3) is 19.0. The van der Waals surface area contributed by atoms with Crippen molar-refractivity contribution in [2.75, 3.05) is 40.5 Å². The molecule has 122 heavy (non-hydrogen) atoms. The van der Waals surface area contributed by atoms with Crippen LogP contribution in [-0.2, 0) is 80.7 Å². The highest BCUT2D eigenvalue weighted by Crippen LogP contribution is 2.60. The number of methoxy groups -OCH3 is 2. The fourth-order valence-electron chi connectivity index (χ4n) is 18.3. The van der Waals surface area contributed by atoms with Crippen LogP contribution in [-0.4, -0.2) is 181 Å². The first-order valence-corrected chi connectivity index (χ1v) is 46.1. The highest BCUT2D eigenvalue weighted by Gasteiger charge is 2.65. The number of aromatic nitrogens is 2. The van der Waals surface area contributed by atoms with Crippen molar-refractivity contribution in [2.45, 2.75) is 281 Å². The quantitative estimate of drug-likeness (QED) is 0.0471. The van der Waals surface area contributed by atoms with Crippen LogP contribution >= 0.6 is 0 Å². The first-order valence-electron chi connectivity index (χ1n) is 43.1. The van der Waals surface area contributed by atoms with Crippen LogP contribution in [0, 0.1) is 58.2 Å². The molecule has 6 fully saturated rings. The number of hydrogen-bond donors (Lipinski definition) is 2. The van der Waals surface area contributed by atoms with Crippen LogP contribution in [0.25, 0.3) is 21.5 Å². The lowest BCUT2D eigenvalue weighted by Gasteiger charge is -2.34. The van der Waals surface area contributed by atoms with Crippen LogP contribution in [0.1, 0.15) is 223 Å². The number of aryl methyl sites for hydroxylation is 2. The molecule has 0 radical (unpaired) electrons. The molecular formula is C90H118F4N6O20S2. The van der Waals surface area contributed by atoms with E-state index in [-0.39, 0.29) is 75.2 Å². The molecule has 4 aliphatic carbocycles. The smallest absolute Gasteiger partial charge is 0.307 e. The number of nitrogens with zero attached hydrogens (tertiary/aromatic N) is 4. The zero-order valence-corrected chi connectivity index (χ0v) is 74.0. The van der Waals surface area contributed by atoms with Crippen molar-refractivity contribution in [1.82, 2.24) is 29.2 Å². The molecule has 4 saturated carbocycles. The van der Waals surface area contributed by atoms with Crippen molar-refractivity contribution < 1.29 is 111 Å². The summed E-state index contributed by atoms with van der Waals surface area (Å²) in [6.07, 6.45) is 13.4. The molecule has 0 unspecified atom stereocenters. The molecule has 2 aromatic carbocycles. The molecule has 14 rings (SSSR count). The van der Waals surface area contributed by atoms with Gasteiger partial charge in [0.25, 0.3) is 11.8 Å². The first kappa shape index (κ1) is 91.0. The molecule has 8 heterocycles. The van der Waals surface area contributed by atoms with Gasteiger partial charge in [-0.2, -0.15) is 9.97 Å². The molecular weight excluding hydrogens is 1630 g/mol. The summed E-state index contributed by atoms with van der Waals surface area (Å²) < 4.78 is 161. The number of amides is 4. The lowest BCUT2D eigenvalue weighted by Crippen LogP contribution is -2.49. The molecule has 4 aromatic rings. The monoisotopic (exact) mass is 1740 g/mol. The highest BCUT2D eigenvalue weighted by atomic mass is 32.2. The number of benzene rings is 2. The molecule has 26 nitrogen and oxygen atoms in total. The van der Waals surface area contributed by atoms with Gasteiger partial charge in [0.1, 0.15) is 23.7 Å². The Kier molecular flexibility index (Phi) is 25.6. The van der Waals surface area contributed by atoms with E-state index in [2.05, 4.69) is 9.44 Å². The van der Waals surface area contributed by atoms with Crippen LogP contribution in [0.5, 0.6) is 35.0 Å². The number of allylic oxidation sites excluding steroid dienone is 4. The first-order chi connectivity index (χ1) is 57.2. The van der Waals surface area contributed by atoms with Crippen LogP contribution < -0.4 is 37.9 Å². The summed E-state index contributed by atoms with van der Waals surface area (Å²) in [5.74, 6) is -13.2. The van der Waals surface area contributed by atoms with E-state index in [1.54, 1.807) is 40.2 Å². The molecule has 2 N–H and O–H groups in total. The van der Waals surface area contributed by atoms with Gasteiger partial charge in [0.05, 0.1) is 97.6 Å². The fourth-order valence-corrected chi connectivity index (χ4v) is 20.9. The minimum atomic E-state index is -4.02. The van der Waals surface area contributed by atoms with Gasteiger partial charge in [-0.3, -0.25) is 47.8 Å². The Morgan fingerprint density at radius 1 is 0.549 bits per heavy atom. The number of fused-ring (bicyclic) bond motifs is 10. The van der Waals surface area contributed by atoms with E-state index in [1.807, 2.05) is 76.3 Å². The second-order valence-corrected chi connectivity index (χ2v) is 42.5. The SMILES string of the molecule is COc1ccc2c(O[C@@H]3C[C@H]4C(=O)C[C@]5(C(=O)NS(=O)(=O)C6(C)CC6)C[C@H]5/C=C\CC[C@@H](C)C[C@@H](C)[C@H](CC(=O)OC(C)(C)C(C)(F)F)C(=O)N4C3)nc3c(c2c1)CCCO3.COc1ccc2c(O[C@@H]3C[C@H]4C(=O)C[C@]5(C(=O)NS(=O)(=O)C6(C)CC6)C[C@H]5/C=C\CC[C@H](C)C[C@@H](C)[C@H](CC(=O)OC(C)(C)C(C)(F)F)C(=O)N4C3)nc3c(c2c1)CCCO3. The molecule has 0 bridgehead atoms. The molecule has 2 aromatic heterocycles. The van der Waals surface area contributed by atoms with Crippen molar-refractivity contribution in [3.8, 4) is 35.0 Å². The number of hydrogen-bond acceptors (Lipinski definition) is 22. The van der Waals surface area contributed by atoms with Crippen molar-refractivity contribution in [1.29, 1.82) is 0 Å². The standard InChI is InChI=1S/2C45H59F2N3O10S/c2*1-26-11-8-9-12-28-23-45(28,41(54)49-61(55,56)43(5)16-17-43)24-36(51)35-21-30(59-39-32-15-14-29(57-7)20-34(32)31-13-10-18-58-38(31)48-39)25-50(35)40(53)33(27(2)19-26)22-37(52)60-42(3,4)44(6,46)47/h2*9,12,14-15,20,26-28,30,33,35H,8,10-11,13,16-19,21-25H2,1-7H3,(H,49,54)/b2*12-9-/t26-,27+,28+,30+,33-,35-,45+;26-,27-,28-,30-,33+,35+,45-/m01/s1. The van der Waals surface area contributed by atoms with Gasteiger partial charge in [-0.05, 0) is 227 Å². The van der Waals surface area contributed by atoms with Crippen LogP contribution in [0.2, 0.25) is 0 Å². The number of rotatable bonds is 20. The minimum absolute atomic E-state index is 0.00740. The average molecular weight is 1740 g/mol. The number of ketones is 2. The number of halogens is 4. The van der Waals surface area contributed by atoms with Gasteiger partial charge in [0.15, 0.2) is 22.8 Å². The number of ether oxygens (including phenoxy) is 8. The predicted octanol–water partition coefficient (Wildman–Crippen LogP) is 13.8. The van der Waals surface area contributed by atoms with Gasteiger partial charge >= 0.3 is 11.9 Å². The maximum absolute atomic E-state index is 15.1. The van der Waals surface area contributed by atoms with Crippen LogP contribution in [0.15, 0.2) is 60.7 Å². The summed E-state index contributed by atoms with van der Waals surface area (Å²) in [4.78, 5) is 127. The molecule has 0 spiro atoms. The third-order valence-corrected chi connectivity index (χ3v) is 32.2. The number of esters is 2. The number of pyridine rings is 2. The molecule has 6 aliphatic heterocycles. The molecule has 2 saturated heterocycles. The summed E-state index contributed by atoms with van der Waals surface area (Å²) in [6.45, 7) is 17.5. The van der Waals surface area contributed by atoms with E-state index in [0.29, 0.717) is 125 Å². The van der Waals surface area contributed by atoms with Gasteiger partial charge < -0.3 is 47.7 Å². The Morgan fingerprint density at radius 2 is 0.918 bits per heavy atom. The average Bonchev–Trinajstić information content (AvgIpc) is 1.62. The van der Waals surface area contributed by atoms with E-state index in [0.717, 1.165) is 75.3 Å². The van der Waals surface area contributed by atoms with Crippen molar-refractivity contribution in [3.63, 3.8) is 0 Å². The summed E-state index contributed by atoms with van der Waals surface area (Å²) in [5.41, 5.74) is -5.20. The number of Topliss-reactive ketones (excluding diaryl/α,β-unsaturated/α-hetero) is 2. The Morgan fingerprint density at radius 3 is 1.26 bits per heavy atom. The van der Waals surface area contributed by atoms with E-state index >= 15 is 9.59 Å². The van der Waals surface area contributed by atoms with Gasteiger partial charge in [0, 0.05) is 61.4 Å². The minimum Gasteiger partial charge on any atom is -0.497 e. The van der Waals surface area contributed by atoms with Crippen molar-refractivity contribution in [2.24, 2.45) is 58.2 Å². The summed E-state index contributed by atoms with van der Waals surface area (Å²) in [7, 11) is -4.89. The normalized spacial score (nSPS) is 29.8. The zero-order chi connectivity index (χ0) is 88.6. The second kappa shape index (κ2) is 34.3. The maximum atomic E-state index is 15.1. The Labute approximate surface area is 711 Å². The van der Waals surface area contributed by atoms with E-state index in [4.69, 9.17) is 47.9 Å². The highest BCUT2D eigenvalue weighted by molar-refractivity contribution is 7.92. The Hall–Kier alpha value is -8.68.